The van der Waals surface area contributed by atoms with Crippen molar-refractivity contribution in [3.63, 3.8) is 0 Å². The van der Waals surface area contributed by atoms with Gasteiger partial charge in [0, 0.05) is 24.0 Å². The lowest BCUT2D eigenvalue weighted by Gasteiger charge is -2.06. The minimum absolute atomic E-state index is 0.553. The van der Waals surface area contributed by atoms with E-state index in [9.17, 15) is 0 Å². The third-order valence-electron chi connectivity index (χ3n) is 2.52. The Kier molecular flexibility index (Phi) is 5.18. The molecule has 0 saturated heterocycles. The summed E-state index contributed by atoms with van der Waals surface area (Å²) >= 11 is 1.64. The standard InChI is InChI=1S/C14H18N2O2S/c1-2-17-11-3-5-12(6-4-11)18-8-7-14-16-10-13(9-15)19-14/h3-6,10H,2,7-9,15H2,1H3. The smallest absolute Gasteiger partial charge is 0.119 e. The number of thiazole rings is 1. The maximum atomic E-state index is 5.67. The summed E-state index contributed by atoms with van der Waals surface area (Å²) in [7, 11) is 0. The van der Waals surface area contributed by atoms with Crippen molar-refractivity contribution in [2.75, 3.05) is 13.2 Å². The number of hydrogen-bond acceptors (Lipinski definition) is 5. The second kappa shape index (κ2) is 7.11. The average Bonchev–Trinajstić information content (AvgIpc) is 2.89. The molecule has 0 fully saturated rings. The fourth-order valence-electron chi connectivity index (χ4n) is 1.61. The zero-order valence-electron chi connectivity index (χ0n) is 11.0. The van der Waals surface area contributed by atoms with Gasteiger partial charge in [0.25, 0.3) is 0 Å². The molecule has 102 valence electrons. The van der Waals surface area contributed by atoms with Crippen LogP contribution in [0.4, 0.5) is 0 Å². The predicted molar refractivity (Wildman–Crippen MR) is 76.8 cm³/mol. The van der Waals surface area contributed by atoms with Crippen LogP contribution in [-0.2, 0) is 13.0 Å². The summed E-state index contributed by atoms with van der Waals surface area (Å²) in [5.41, 5.74) is 5.55. The van der Waals surface area contributed by atoms with Gasteiger partial charge in [-0.25, -0.2) is 4.98 Å². The quantitative estimate of drug-likeness (QED) is 0.846. The van der Waals surface area contributed by atoms with E-state index < -0.39 is 0 Å². The molecule has 1 heterocycles. The van der Waals surface area contributed by atoms with Gasteiger partial charge in [0.1, 0.15) is 11.5 Å². The average molecular weight is 278 g/mol. The molecule has 2 N–H and O–H groups in total. The van der Waals surface area contributed by atoms with Crippen LogP contribution in [0.15, 0.2) is 30.5 Å². The van der Waals surface area contributed by atoms with Crippen LogP contribution >= 0.6 is 11.3 Å². The van der Waals surface area contributed by atoms with E-state index in [1.165, 1.54) is 0 Å². The summed E-state index contributed by atoms with van der Waals surface area (Å²) in [5.74, 6) is 1.71. The SMILES string of the molecule is CCOc1ccc(OCCc2ncc(CN)s2)cc1. The van der Waals surface area contributed by atoms with Crippen molar-refractivity contribution in [1.29, 1.82) is 0 Å². The molecule has 0 atom stereocenters. The summed E-state index contributed by atoms with van der Waals surface area (Å²) in [6.07, 6.45) is 2.63. The van der Waals surface area contributed by atoms with Gasteiger partial charge in [0.05, 0.1) is 18.2 Å². The normalized spacial score (nSPS) is 10.4. The lowest BCUT2D eigenvalue weighted by Crippen LogP contribution is -2.01. The van der Waals surface area contributed by atoms with Crippen molar-refractivity contribution in [3.8, 4) is 11.5 Å². The van der Waals surface area contributed by atoms with Gasteiger partial charge in [0.2, 0.25) is 0 Å². The van der Waals surface area contributed by atoms with Crippen molar-refractivity contribution in [2.24, 2.45) is 5.73 Å². The second-order valence-corrected chi connectivity index (χ2v) is 5.13. The molecule has 0 aliphatic rings. The molecule has 2 aromatic rings. The summed E-state index contributed by atoms with van der Waals surface area (Å²) in [5, 5.41) is 1.06. The monoisotopic (exact) mass is 278 g/mol. The zero-order chi connectivity index (χ0) is 13.5. The van der Waals surface area contributed by atoms with E-state index in [1.807, 2.05) is 37.4 Å². The fourth-order valence-corrected chi connectivity index (χ4v) is 2.40. The van der Waals surface area contributed by atoms with E-state index in [-0.39, 0.29) is 0 Å². The molecule has 0 aliphatic carbocycles. The molecule has 0 radical (unpaired) electrons. The molecule has 0 unspecified atom stereocenters. The summed E-state index contributed by atoms with van der Waals surface area (Å²) in [6.45, 7) is 3.81. The molecule has 19 heavy (non-hydrogen) atoms. The van der Waals surface area contributed by atoms with Crippen LogP contribution in [0.1, 0.15) is 16.8 Å². The fraction of sp³-hybridized carbons (Fsp3) is 0.357. The van der Waals surface area contributed by atoms with Gasteiger partial charge in [-0.1, -0.05) is 0 Å². The number of benzene rings is 1. The molecular formula is C14H18N2O2S. The van der Waals surface area contributed by atoms with Crippen LogP contribution in [0.3, 0.4) is 0 Å². The number of hydrogen-bond donors (Lipinski definition) is 1. The Labute approximate surface area is 117 Å². The minimum atomic E-state index is 0.553. The molecule has 0 bridgehead atoms. The third kappa shape index (κ3) is 4.22. The summed E-state index contributed by atoms with van der Waals surface area (Å²) < 4.78 is 11.0. The van der Waals surface area contributed by atoms with Crippen LogP contribution in [0.25, 0.3) is 0 Å². The highest BCUT2D eigenvalue weighted by molar-refractivity contribution is 7.11. The van der Waals surface area contributed by atoms with E-state index in [0.29, 0.717) is 19.8 Å². The highest BCUT2D eigenvalue weighted by Gasteiger charge is 2.01. The van der Waals surface area contributed by atoms with Gasteiger partial charge in [-0.05, 0) is 31.2 Å². The maximum absolute atomic E-state index is 5.67. The van der Waals surface area contributed by atoms with Gasteiger partial charge in [0.15, 0.2) is 0 Å². The van der Waals surface area contributed by atoms with Crippen LogP contribution in [0.2, 0.25) is 0 Å². The predicted octanol–water partition coefficient (Wildman–Crippen LogP) is 2.62. The van der Waals surface area contributed by atoms with Gasteiger partial charge in [-0.2, -0.15) is 0 Å². The van der Waals surface area contributed by atoms with Gasteiger partial charge >= 0.3 is 0 Å². The number of nitrogens with two attached hydrogens (primary N) is 1. The molecule has 2 rings (SSSR count). The topological polar surface area (TPSA) is 57.4 Å². The maximum Gasteiger partial charge on any atom is 0.119 e. The highest BCUT2D eigenvalue weighted by atomic mass is 32.1. The van der Waals surface area contributed by atoms with Gasteiger partial charge in [-0.3, -0.25) is 0 Å². The van der Waals surface area contributed by atoms with Crippen molar-refractivity contribution < 1.29 is 9.47 Å². The Morgan fingerprint density at radius 2 is 1.84 bits per heavy atom. The zero-order valence-corrected chi connectivity index (χ0v) is 11.8. The molecule has 1 aromatic carbocycles. The van der Waals surface area contributed by atoms with Crippen LogP contribution in [0.5, 0.6) is 11.5 Å². The lowest BCUT2D eigenvalue weighted by atomic mass is 10.3. The van der Waals surface area contributed by atoms with Crippen LogP contribution in [-0.4, -0.2) is 18.2 Å². The van der Waals surface area contributed by atoms with E-state index in [4.69, 9.17) is 15.2 Å². The second-order valence-electron chi connectivity index (χ2n) is 3.93. The first-order valence-corrected chi connectivity index (χ1v) is 7.12. The first kappa shape index (κ1) is 13.8. The van der Waals surface area contributed by atoms with Crippen molar-refractivity contribution in [1.82, 2.24) is 4.98 Å². The molecular weight excluding hydrogens is 260 g/mol. The Bertz CT molecular complexity index is 496. The Morgan fingerprint density at radius 1 is 1.16 bits per heavy atom. The minimum Gasteiger partial charge on any atom is -0.494 e. The summed E-state index contributed by atoms with van der Waals surface area (Å²) in [6, 6.07) is 7.65. The Balaban J connectivity index is 1.78. The van der Waals surface area contributed by atoms with Crippen LogP contribution in [0, 0.1) is 0 Å². The Hall–Kier alpha value is -1.59. The van der Waals surface area contributed by atoms with E-state index in [0.717, 1.165) is 27.8 Å². The Morgan fingerprint density at radius 3 is 2.42 bits per heavy atom. The largest absolute Gasteiger partial charge is 0.494 e. The van der Waals surface area contributed by atoms with E-state index in [2.05, 4.69) is 4.98 Å². The van der Waals surface area contributed by atoms with Crippen molar-refractivity contribution in [2.45, 2.75) is 19.9 Å². The molecule has 0 aliphatic heterocycles. The first-order valence-electron chi connectivity index (χ1n) is 6.31. The number of rotatable bonds is 7. The van der Waals surface area contributed by atoms with Crippen molar-refractivity contribution in [3.05, 3.63) is 40.3 Å². The number of ether oxygens (including phenoxy) is 2. The molecule has 0 amide bonds. The molecule has 0 spiro atoms. The number of nitrogens with zero attached hydrogens (tertiary/aromatic N) is 1. The third-order valence-corrected chi connectivity index (χ3v) is 3.60. The molecule has 4 nitrogen and oxygen atoms in total. The van der Waals surface area contributed by atoms with Gasteiger partial charge < -0.3 is 15.2 Å². The molecule has 1 aromatic heterocycles. The number of aromatic nitrogens is 1. The van der Waals surface area contributed by atoms with Gasteiger partial charge in [-0.15, -0.1) is 11.3 Å². The van der Waals surface area contributed by atoms with E-state index >= 15 is 0 Å². The summed E-state index contributed by atoms with van der Waals surface area (Å²) in [4.78, 5) is 5.40. The molecule has 5 heteroatoms. The van der Waals surface area contributed by atoms with E-state index in [1.54, 1.807) is 11.3 Å². The van der Waals surface area contributed by atoms with Crippen molar-refractivity contribution >= 4 is 11.3 Å². The molecule has 0 saturated carbocycles. The lowest BCUT2D eigenvalue weighted by molar-refractivity contribution is 0.318. The first-order chi connectivity index (χ1) is 9.31. The highest BCUT2D eigenvalue weighted by Crippen LogP contribution is 2.18. The van der Waals surface area contributed by atoms with Crippen LogP contribution < -0.4 is 15.2 Å².